The fourth-order valence-electron chi connectivity index (χ4n) is 3.11. The molecule has 0 aliphatic carbocycles. The summed E-state index contributed by atoms with van der Waals surface area (Å²) in [5, 5.41) is 14.7. The Morgan fingerprint density at radius 3 is 2.59 bits per heavy atom. The number of benzene rings is 2. The predicted octanol–water partition coefficient (Wildman–Crippen LogP) is 3.31. The minimum absolute atomic E-state index is 0.0690. The highest BCUT2D eigenvalue weighted by Crippen LogP contribution is 2.18. The van der Waals surface area contributed by atoms with E-state index in [1.807, 2.05) is 0 Å². The maximum Gasteiger partial charge on any atom is 0.321 e. The van der Waals surface area contributed by atoms with Crippen LogP contribution in [-0.2, 0) is 0 Å². The van der Waals surface area contributed by atoms with Gasteiger partial charge in [0.1, 0.15) is 5.82 Å². The number of carbonyl (C=O) groups excluding carboxylic acids is 2. The fourth-order valence-corrected chi connectivity index (χ4v) is 3.11. The van der Waals surface area contributed by atoms with Crippen molar-refractivity contribution in [3.63, 3.8) is 0 Å². The molecule has 1 aliphatic rings. The van der Waals surface area contributed by atoms with Gasteiger partial charge in [0, 0.05) is 36.6 Å². The molecule has 142 valence electrons. The van der Waals surface area contributed by atoms with Gasteiger partial charge in [0.25, 0.3) is 5.91 Å². The number of nitrogens with one attached hydrogen (secondary N) is 2. The van der Waals surface area contributed by atoms with Crippen LogP contribution in [0.5, 0.6) is 0 Å². The molecule has 27 heavy (non-hydrogen) atoms. The molecule has 3 amide bonds. The lowest BCUT2D eigenvalue weighted by Gasteiger charge is -2.31. The minimum atomic E-state index is -0.434. The van der Waals surface area contributed by atoms with Crippen molar-refractivity contribution in [1.82, 2.24) is 4.90 Å². The number of amides is 3. The van der Waals surface area contributed by atoms with Crippen LogP contribution in [0.2, 0.25) is 0 Å². The highest BCUT2D eigenvalue weighted by Gasteiger charge is 2.23. The summed E-state index contributed by atoms with van der Waals surface area (Å²) >= 11 is 0. The lowest BCUT2D eigenvalue weighted by Crippen LogP contribution is -2.43. The molecule has 1 unspecified atom stereocenters. The third kappa shape index (κ3) is 5.04. The normalized spacial score (nSPS) is 16.7. The summed E-state index contributed by atoms with van der Waals surface area (Å²) in [7, 11) is 0. The summed E-state index contributed by atoms with van der Waals surface area (Å²) in [5.74, 6) is -0.723. The van der Waals surface area contributed by atoms with Crippen molar-refractivity contribution in [2.75, 3.05) is 30.3 Å². The van der Waals surface area contributed by atoms with Crippen molar-refractivity contribution in [3.8, 4) is 0 Å². The van der Waals surface area contributed by atoms with Crippen LogP contribution in [-0.4, -0.2) is 41.6 Å². The molecule has 0 bridgehead atoms. The Hall–Kier alpha value is -2.93. The molecule has 0 spiro atoms. The summed E-state index contributed by atoms with van der Waals surface area (Å²) in [5.41, 5.74) is 1.21. The van der Waals surface area contributed by atoms with Gasteiger partial charge in [-0.25, -0.2) is 9.18 Å². The van der Waals surface area contributed by atoms with E-state index in [4.69, 9.17) is 0 Å². The topological polar surface area (TPSA) is 81.7 Å². The van der Waals surface area contributed by atoms with E-state index in [1.165, 1.54) is 18.2 Å². The zero-order valence-electron chi connectivity index (χ0n) is 14.8. The smallest absolute Gasteiger partial charge is 0.321 e. The van der Waals surface area contributed by atoms with E-state index in [2.05, 4.69) is 10.6 Å². The first kappa shape index (κ1) is 18.8. The van der Waals surface area contributed by atoms with E-state index in [1.54, 1.807) is 35.2 Å². The van der Waals surface area contributed by atoms with E-state index >= 15 is 0 Å². The quantitative estimate of drug-likeness (QED) is 0.771. The van der Waals surface area contributed by atoms with Crippen molar-refractivity contribution < 1.29 is 19.1 Å². The maximum atomic E-state index is 13.2. The zero-order chi connectivity index (χ0) is 19.2. The average molecular weight is 371 g/mol. The highest BCUT2D eigenvalue weighted by molar-refractivity contribution is 6.05. The Bertz CT molecular complexity index is 828. The van der Waals surface area contributed by atoms with Gasteiger partial charge in [-0.05, 0) is 55.2 Å². The van der Waals surface area contributed by atoms with Gasteiger partial charge in [-0.2, -0.15) is 0 Å². The van der Waals surface area contributed by atoms with Crippen LogP contribution >= 0.6 is 0 Å². The Morgan fingerprint density at radius 2 is 1.85 bits per heavy atom. The van der Waals surface area contributed by atoms with Gasteiger partial charge in [-0.1, -0.05) is 12.1 Å². The van der Waals surface area contributed by atoms with Crippen molar-refractivity contribution in [1.29, 1.82) is 0 Å². The Balaban J connectivity index is 1.64. The number of halogens is 1. The number of likely N-dealkylation sites (tertiary alicyclic amines) is 1. The highest BCUT2D eigenvalue weighted by atomic mass is 19.1. The molecule has 0 radical (unpaired) electrons. The van der Waals surface area contributed by atoms with E-state index in [9.17, 15) is 19.1 Å². The second-order valence-electron chi connectivity index (χ2n) is 6.61. The number of carbonyl (C=O) groups is 2. The number of rotatable bonds is 4. The lowest BCUT2D eigenvalue weighted by molar-refractivity contribution is 0.102. The SMILES string of the molecule is O=C(Nc1cccc(F)c1)c1cccc(NC(=O)N2CCCC(CO)C2)c1. The van der Waals surface area contributed by atoms with E-state index in [0.29, 0.717) is 30.0 Å². The van der Waals surface area contributed by atoms with Crippen molar-refractivity contribution in [3.05, 3.63) is 59.9 Å². The van der Waals surface area contributed by atoms with Crippen LogP contribution in [0, 0.1) is 11.7 Å². The molecule has 1 atom stereocenters. The first-order chi connectivity index (χ1) is 13.0. The van der Waals surface area contributed by atoms with Gasteiger partial charge in [0.2, 0.25) is 0 Å². The number of piperidine rings is 1. The summed E-state index contributed by atoms with van der Waals surface area (Å²) in [6, 6.07) is 11.9. The number of hydrogen-bond acceptors (Lipinski definition) is 3. The van der Waals surface area contributed by atoms with Crippen molar-refractivity contribution >= 4 is 23.3 Å². The molecule has 1 aliphatic heterocycles. The van der Waals surface area contributed by atoms with Crippen LogP contribution in [0.3, 0.4) is 0 Å². The molecule has 1 fully saturated rings. The molecule has 0 aromatic heterocycles. The summed E-state index contributed by atoms with van der Waals surface area (Å²) in [6.45, 7) is 1.23. The maximum absolute atomic E-state index is 13.2. The van der Waals surface area contributed by atoms with E-state index in [-0.39, 0.29) is 18.6 Å². The number of hydrogen-bond donors (Lipinski definition) is 3. The van der Waals surface area contributed by atoms with E-state index in [0.717, 1.165) is 12.8 Å². The zero-order valence-corrected chi connectivity index (χ0v) is 14.8. The van der Waals surface area contributed by atoms with Crippen LogP contribution < -0.4 is 10.6 Å². The van der Waals surface area contributed by atoms with Crippen LogP contribution in [0.15, 0.2) is 48.5 Å². The molecule has 3 rings (SSSR count). The molecule has 1 heterocycles. The number of anilines is 2. The van der Waals surface area contributed by atoms with Crippen LogP contribution in [0.25, 0.3) is 0 Å². The van der Waals surface area contributed by atoms with Gasteiger partial charge in [0.05, 0.1) is 0 Å². The molecular formula is C20H22FN3O3. The molecule has 2 aromatic rings. The Labute approximate surface area is 157 Å². The predicted molar refractivity (Wildman–Crippen MR) is 101 cm³/mol. The Kier molecular flexibility index (Phi) is 6.03. The summed E-state index contributed by atoms with van der Waals surface area (Å²) < 4.78 is 13.2. The van der Waals surface area contributed by atoms with Crippen LogP contribution in [0.4, 0.5) is 20.6 Å². The van der Waals surface area contributed by atoms with E-state index < -0.39 is 11.7 Å². The van der Waals surface area contributed by atoms with Gasteiger partial charge >= 0.3 is 6.03 Å². The first-order valence-corrected chi connectivity index (χ1v) is 8.89. The number of aliphatic hydroxyl groups is 1. The molecule has 7 heteroatoms. The molecule has 1 saturated heterocycles. The lowest BCUT2D eigenvalue weighted by atomic mass is 9.99. The molecule has 6 nitrogen and oxygen atoms in total. The monoisotopic (exact) mass is 371 g/mol. The molecule has 2 aromatic carbocycles. The number of urea groups is 1. The third-order valence-electron chi connectivity index (χ3n) is 4.52. The first-order valence-electron chi connectivity index (χ1n) is 8.89. The fraction of sp³-hybridized carbons (Fsp3) is 0.300. The van der Waals surface area contributed by atoms with Gasteiger partial charge < -0.3 is 20.6 Å². The second kappa shape index (κ2) is 8.64. The molecular weight excluding hydrogens is 349 g/mol. The van der Waals surface area contributed by atoms with Gasteiger partial charge in [-0.3, -0.25) is 4.79 Å². The second-order valence-corrected chi connectivity index (χ2v) is 6.61. The summed E-state index contributed by atoms with van der Waals surface area (Å²) in [6.07, 6.45) is 1.77. The van der Waals surface area contributed by atoms with Crippen molar-refractivity contribution in [2.24, 2.45) is 5.92 Å². The van der Waals surface area contributed by atoms with Gasteiger partial charge in [0.15, 0.2) is 0 Å². The largest absolute Gasteiger partial charge is 0.396 e. The number of nitrogens with zero attached hydrogens (tertiary/aromatic N) is 1. The van der Waals surface area contributed by atoms with Gasteiger partial charge in [-0.15, -0.1) is 0 Å². The average Bonchev–Trinajstić information content (AvgIpc) is 2.68. The minimum Gasteiger partial charge on any atom is -0.396 e. The molecule has 3 N–H and O–H groups in total. The Morgan fingerprint density at radius 1 is 1.11 bits per heavy atom. The van der Waals surface area contributed by atoms with Crippen molar-refractivity contribution in [2.45, 2.75) is 12.8 Å². The van der Waals surface area contributed by atoms with Crippen LogP contribution in [0.1, 0.15) is 23.2 Å². The third-order valence-corrected chi connectivity index (χ3v) is 4.52. The molecule has 0 saturated carbocycles. The number of aliphatic hydroxyl groups excluding tert-OH is 1. The summed E-state index contributed by atoms with van der Waals surface area (Å²) in [4.78, 5) is 26.5. The standard InChI is InChI=1S/C20H22FN3O3/c21-16-6-2-8-18(11-16)22-19(26)15-5-1-7-17(10-15)23-20(27)24-9-3-4-14(12-24)13-25/h1-2,5-8,10-11,14,25H,3-4,9,12-13H2,(H,22,26)(H,23,27).